The van der Waals surface area contributed by atoms with E-state index in [1.54, 1.807) is 11.6 Å². The van der Waals surface area contributed by atoms with Gasteiger partial charge in [0, 0.05) is 11.3 Å². The average molecular weight is 522 g/mol. The zero-order chi connectivity index (χ0) is 27.3. The summed E-state index contributed by atoms with van der Waals surface area (Å²) >= 11 is 0. The highest BCUT2D eigenvalue weighted by Crippen LogP contribution is 2.60. The van der Waals surface area contributed by atoms with Gasteiger partial charge in [-0.3, -0.25) is 4.79 Å². The first-order valence-corrected chi connectivity index (χ1v) is 16.6. The van der Waals surface area contributed by atoms with Gasteiger partial charge in [0.1, 0.15) is 12.4 Å². The van der Waals surface area contributed by atoms with E-state index in [0.29, 0.717) is 13.2 Å². The van der Waals surface area contributed by atoms with Crippen LogP contribution in [-0.2, 0) is 21.2 Å². The zero-order valence-electron chi connectivity index (χ0n) is 24.0. The van der Waals surface area contributed by atoms with E-state index < -0.39 is 15.4 Å². The van der Waals surface area contributed by atoms with E-state index in [2.05, 4.69) is 78.9 Å². The van der Waals surface area contributed by atoms with E-state index in [4.69, 9.17) is 9.16 Å². The number of amides is 1. The Morgan fingerprint density at radius 1 is 1.14 bits per heavy atom. The van der Waals surface area contributed by atoms with E-state index >= 15 is 0 Å². The standard InChI is InChI=1S/C30H44BNO4Si/c1-20(2)30(6)24-17-22(35-18-21-13-11-10-12-14-21)15-16-23(24)26-25(19-36-37(8,9)29(3,4)5)32(31(7)34)28(33)27(26)30/h10-17,20,25-27,34H,18-19H2,1-9H3/t25-,26-,27-,30-/m1/s1. The van der Waals surface area contributed by atoms with Gasteiger partial charge in [-0.2, -0.15) is 0 Å². The van der Waals surface area contributed by atoms with Crippen LogP contribution in [0, 0.1) is 11.8 Å². The second-order valence-electron chi connectivity index (χ2n) is 13.0. The molecule has 4 atom stereocenters. The number of ether oxygens (including phenoxy) is 1. The molecule has 4 rings (SSSR count). The number of hydrogen-bond donors (Lipinski definition) is 1. The van der Waals surface area contributed by atoms with Crippen molar-refractivity contribution in [1.29, 1.82) is 0 Å². The molecule has 1 aliphatic heterocycles. The number of hydrogen-bond acceptors (Lipinski definition) is 4. The molecule has 0 aromatic heterocycles. The minimum absolute atomic E-state index is 0.0301. The molecule has 200 valence electrons. The summed E-state index contributed by atoms with van der Waals surface area (Å²) in [6.45, 7) is 20.4. The first-order chi connectivity index (χ1) is 17.2. The Bertz CT molecular complexity index is 1130. The van der Waals surface area contributed by atoms with Crippen molar-refractivity contribution in [2.75, 3.05) is 6.61 Å². The van der Waals surface area contributed by atoms with Crippen molar-refractivity contribution in [3.05, 3.63) is 65.2 Å². The van der Waals surface area contributed by atoms with Gasteiger partial charge in [-0.05, 0) is 59.7 Å². The molecule has 1 heterocycles. The molecular weight excluding hydrogens is 477 g/mol. The van der Waals surface area contributed by atoms with Gasteiger partial charge in [-0.25, -0.2) is 0 Å². The second-order valence-corrected chi connectivity index (χ2v) is 17.8. The van der Waals surface area contributed by atoms with Gasteiger partial charge in [0.25, 0.3) is 0 Å². The van der Waals surface area contributed by atoms with E-state index in [1.165, 1.54) is 11.1 Å². The molecule has 5 nitrogen and oxygen atoms in total. The van der Waals surface area contributed by atoms with E-state index in [1.807, 2.05) is 24.3 Å². The highest BCUT2D eigenvalue weighted by Gasteiger charge is 2.63. The molecule has 0 unspecified atom stereocenters. The van der Waals surface area contributed by atoms with Crippen LogP contribution in [0.1, 0.15) is 64.2 Å². The first-order valence-electron chi connectivity index (χ1n) is 13.7. The Balaban J connectivity index is 1.72. The van der Waals surface area contributed by atoms with Crippen molar-refractivity contribution in [2.45, 2.75) is 90.5 Å². The van der Waals surface area contributed by atoms with Crippen molar-refractivity contribution in [2.24, 2.45) is 11.8 Å². The number of nitrogens with zero attached hydrogens (tertiary/aromatic N) is 1. The number of carbonyl (C=O) groups excluding carboxylic acids is 1. The van der Waals surface area contributed by atoms with E-state index in [9.17, 15) is 9.82 Å². The Hall–Kier alpha value is -2.09. The Morgan fingerprint density at radius 3 is 2.35 bits per heavy atom. The van der Waals surface area contributed by atoms with Crippen LogP contribution in [0.4, 0.5) is 0 Å². The van der Waals surface area contributed by atoms with E-state index in [-0.39, 0.29) is 40.2 Å². The molecule has 1 N–H and O–H groups in total. The van der Waals surface area contributed by atoms with Gasteiger partial charge >= 0.3 is 7.05 Å². The largest absolute Gasteiger partial charge is 0.489 e. The lowest BCUT2D eigenvalue weighted by atomic mass is 9.67. The van der Waals surface area contributed by atoms with Crippen molar-refractivity contribution in [1.82, 2.24) is 4.81 Å². The van der Waals surface area contributed by atoms with Crippen LogP contribution in [-0.4, -0.2) is 43.8 Å². The summed E-state index contributed by atoms with van der Waals surface area (Å²) in [5.41, 5.74) is 3.13. The molecule has 0 bridgehead atoms. The molecule has 1 amide bonds. The third-order valence-electron chi connectivity index (χ3n) is 9.53. The Labute approximate surface area is 224 Å². The molecule has 0 spiro atoms. The van der Waals surface area contributed by atoms with Gasteiger partial charge in [0.15, 0.2) is 8.32 Å². The Kier molecular flexibility index (Phi) is 7.47. The number of fused-ring (bicyclic) bond motifs is 3. The van der Waals surface area contributed by atoms with Gasteiger partial charge in [-0.1, -0.05) is 77.9 Å². The summed E-state index contributed by atoms with van der Waals surface area (Å²) < 4.78 is 12.9. The highest BCUT2D eigenvalue weighted by atomic mass is 28.4. The topological polar surface area (TPSA) is 59.0 Å². The third-order valence-corrected chi connectivity index (χ3v) is 14.0. The monoisotopic (exact) mass is 521 g/mol. The summed E-state index contributed by atoms with van der Waals surface area (Å²) in [5, 5.41) is 10.8. The quantitative estimate of drug-likeness (QED) is 0.418. The van der Waals surface area contributed by atoms with Crippen LogP contribution >= 0.6 is 0 Å². The number of rotatable bonds is 8. The van der Waals surface area contributed by atoms with E-state index in [0.717, 1.165) is 11.3 Å². The molecule has 37 heavy (non-hydrogen) atoms. The maximum Gasteiger partial charge on any atom is 0.412 e. The summed E-state index contributed by atoms with van der Waals surface area (Å²) in [5.74, 6) is 0.809. The average Bonchev–Trinajstić information content (AvgIpc) is 3.27. The second kappa shape index (κ2) is 9.90. The van der Waals surface area contributed by atoms with Crippen molar-refractivity contribution in [3.8, 4) is 5.75 Å². The lowest BCUT2D eigenvalue weighted by Gasteiger charge is -2.39. The minimum atomic E-state index is -2.04. The predicted molar refractivity (Wildman–Crippen MR) is 153 cm³/mol. The smallest absolute Gasteiger partial charge is 0.412 e. The molecule has 1 aliphatic carbocycles. The number of benzene rings is 2. The third kappa shape index (κ3) is 4.79. The van der Waals surface area contributed by atoms with Crippen LogP contribution in [0.5, 0.6) is 5.75 Å². The highest BCUT2D eigenvalue weighted by molar-refractivity contribution is 6.74. The zero-order valence-corrected chi connectivity index (χ0v) is 25.0. The Morgan fingerprint density at radius 2 is 1.78 bits per heavy atom. The molecule has 2 aromatic carbocycles. The molecule has 7 heteroatoms. The van der Waals surface area contributed by atoms with Gasteiger partial charge in [0.05, 0.1) is 18.6 Å². The van der Waals surface area contributed by atoms with Crippen molar-refractivity contribution < 1.29 is 19.0 Å². The molecule has 2 aliphatic rings. The number of carbonyl (C=O) groups is 1. The molecule has 0 radical (unpaired) electrons. The fourth-order valence-electron chi connectivity index (χ4n) is 6.01. The predicted octanol–water partition coefficient (Wildman–Crippen LogP) is 6.24. The van der Waals surface area contributed by atoms with Crippen molar-refractivity contribution in [3.63, 3.8) is 0 Å². The lowest BCUT2D eigenvalue weighted by Crippen LogP contribution is -2.51. The summed E-state index contributed by atoms with van der Waals surface area (Å²) in [6, 6.07) is 16.3. The van der Waals surface area contributed by atoms with Crippen LogP contribution in [0.2, 0.25) is 25.0 Å². The van der Waals surface area contributed by atoms with Crippen LogP contribution in [0.25, 0.3) is 0 Å². The molecular formula is C30H44BNO4Si. The minimum Gasteiger partial charge on any atom is -0.489 e. The SMILES string of the molecule is CB(O)N1C(=O)[C@H]2[C@H](c3ccc(OCc4ccccc4)cc3[C@@]2(C)C(C)C)[C@H]1CO[Si](C)(C)C(C)(C)C. The molecule has 1 saturated heterocycles. The lowest BCUT2D eigenvalue weighted by molar-refractivity contribution is -0.130. The summed E-state index contributed by atoms with van der Waals surface area (Å²) in [4.78, 5) is 15.7. The summed E-state index contributed by atoms with van der Waals surface area (Å²) in [7, 11) is -2.91. The molecule has 2 aromatic rings. The summed E-state index contributed by atoms with van der Waals surface area (Å²) in [6.07, 6.45) is 0. The van der Waals surface area contributed by atoms with Gasteiger partial charge < -0.3 is 19.0 Å². The van der Waals surface area contributed by atoms with Crippen LogP contribution in [0.3, 0.4) is 0 Å². The van der Waals surface area contributed by atoms with Crippen molar-refractivity contribution >= 4 is 21.3 Å². The van der Waals surface area contributed by atoms with Crippen LogP contribution in [0.15, 0.2) is 48.5 Å². The fraction of sp³-hybridized carbons (Fsp3) is 0.567. The first kappa shape index (κ1) is 27.9. The maximum absolute atomic E-state index is 14.0. The maximum atomic E-state index is 14.0. The fourth-order valence-corrected chi connectivity index (χ4v) is 7.03. The molecule has 0 saturated carbocycles. The van der Waals surface area contributed by atoms with Gasteiger partial charge in [-0.15, -0.1) is 0 Å². The normalized spacial score (nSPS) is 25.4. The van der Waals surface area contributed by atoms with Gasteiger partial charge in [0.2, 0.25) is 5.91 Å². The molecule has 1 fully saturated rings. The van der Waals surface area contributed by atoms with Crippen LogP contribution < -0.4 is 4.74 Å².